The van der Waals surface area contributed by atoms with E-state index in [0.29, 0.717) is 10.7 Å². The van der Waals surface area contributed by atoms with Crippen molar-refractivity contribution >= 4 is 42.1 Å². The lowest BCUT2D eigenvalue weighted by Crippen LogP contribution is -2.52. The Hall–Kier alpha value is 0.830. The molecule has 13 heavy (non-hydrogen) atoms. The molecule has 0 aromatic carbocycles. The monoisotopic (exact) mass is 336 g/mol. The minimum Gasteiger partial charge on any atom is -0.195 e. The zero-order valence-corrected chi connectivity index (χ0v) is 11.8. The van der Waals surface area contributed by atoms with Crippen LogP contribution in [0.1, 0.15) is 6.92 Å². The molecule has 7 heteroatoms. The normalized spacial score (nSPS) is 13.7. The molecule has 0 saturated heterocycles. The number of halogens is 2. The molecule has 0 unspecified atom stereocenters. The number of rotatable bonds is 5. The predicted octanol–water partition coefficient (Wildman–Crippen LogP) is 0.931. The number of nitrogens with zero attached hydrogens (tertiary/aromatic N) is 1. The average molecular weight is 338 g/mol. The second-order valence-electron chi connectivity index (χ2n) is 3.22. The molecule has 0 bridgehead atoms. The quantitative estimate of drug-likeness (QED) is 0.759. The van der Waals surface area contributed by atoms with E-state index in [2.05, 4.69) is 36.6 Å². The van der Waals surface area contributed by atoms with Gasteiger partial charge in [0.2, 0.25) is 0 Å². The minimum atomic E-state index is -3.36. The summed E-state index contributed by atoms with van der Waals surface area (Å²) in [5, 5.41) is 1.11. The van der Waals surface area contributed by atoms with Crippen LogP contribution in [0.25, 0.3) is 0 Å². The van der Waals surface area contributed by atoms with Gasteiger partial charge in [0.15, 0.2) is 0 Å². The smallest absolute Gasteiger partial charge is 0.195 e. The van der Waals surface area contributed by atoms with Crippen molar-refractivity contribution in [3.8, 4) is 0 Å². The molecule has 1 N–H and O–H groups in total. The third-order valence-corrected chi connectivity index (χ3v) is 5.63. The van der Waals surface area contributed by atoms with Gasteiger partial charge in [-0.2, -0.15) is 17.4 Å². The summed E-state index contributed by atoms with van der Waals surface area (Å²) in [7, 11) is -0.374. The van der Waals surface area contributed by atoms with Crippen LogP contribution in [0.15, 0.2) is 0 Å². The lowest BCUT2D eigenvalue weighted by molar-refractivity contribution is 0.461. The maximum absolute atomic E-state index is 11.4. The molecular formula is C6H14Br2N2O2S. The van der Waals surface area contributed by atoms with Gasteiger partial charge in [-0.3, -0.25) is 0 Å². The maximum Gasteiger partial charge on any atom is 0.279 e. The van der Waals surface area contributed by atoms with E-state index in [4.69, 9.17) is 0 Å². The summed E-state index contributed by atoms with van der Waals surface area (Å²) in [6.45, 7) is 1.82. The lowest BCUT2D eigenvalue weighted by Gasteiger charge is -2.27. The first kappa shape index (κ1) is 13.8. The number of alkyl halides is 2. The van der Waals surface area contributed by atoms with Gasteiger partial charge < -0.3 is 0 Å². The summed E-state index contributed by atoms with van der Waals surface area (Å²) in [5.74, 6) is 0. The molecule has 0 aliphatic rings. The van der Waals surface area contributed by atoms with Crippen LogP contribution < -0.4 is 4.72 Å². The molecule has 0 aliphatic carbocycles. The van der Waals surface area contributed by atoms with E-state index in [9.17, 15) is 8.42 Å². The van der Waals surface area contributed by atoms with Crippen LogP contribution in [0.5, 0.6) is 0 Å². The van der Waals surface area contributed by atoms with Crippen molar-refractivity contribution in [2.45, 2.75) is 12.5 Å². The fourth-order valence-electron chi connectivity index (χ4n) is 0.493. The van der Waals surface area contributed by atoms with Gasteiger partial charge in [-0.15, -0.1) is 0 Å². The molecule has 80 valence electrons. The van der Waals surface area contributed by atoms with E-state index in [1.54, 1.807) is 0 Å². The molecular weight excluding hydrogens is 324 g/mol. The largest absolute Gasteiger partial charge is 0.279 e. The highest BCUT2D eigenvalue weighted by Crippen LogP contribution is 2.13. The van der Waals surface area contributed by atoms with Crippen LogP contribution in [-0.4, -0.2) is 43.0 Å². The fraction of sp³-hybridized carbons (Fsp3) is 1.00. The van der Waals surface area contributed by atoms with Gasteiger partial charge in [-0.1, -0.05) is 31.9 Å². The molecule has 0 fully saturated rings. The third-order valence-electron chi connectivity index (χ3n) is 1.45. The van der Waals surface area contributed by atoms with E-state index >= 15 is 0 Å². The van der Waals surface area contributed by atoms with Crippen molar-refractivity contribution in [1.29, 1.82) is 0 Å². The van der Waals surface area contributed by atoms with Crippen LogP contribution in [0.2, 0.25) is 0 Å². The van der Waals surface area contributed by atoms with Crippen molar-refractivity contribution in [3.63, 3.8) is 0 Å². The molecule has 0 aromatic heterocycles. The molecule has 0 spiro atoms. The second kappa shape index (κ2) is 5.06. The summed E-state index contributed by atoms with van der Waals surface area (Å²) in [5.41, 5.74) is -0.497. The third kappa shape index (κ3) is 4.24. The van der Waals surface area contributed by atoms with Crippen molar-refractivity contribution < 1.29 is 8.42 Å². The predicted molar refractivity (Wildman–Crippen MR) is 61.7 cm³/mol. The summed E-state index contributed by atoms with van der Waals surface area (Å²) < 4.78 is 26.6. The molecule has 0 aromatic rings. The van der Waals surface area contributed by atoms with Gasteiger partial charge in [0.25, 0.3) is 10.2 Å². The molecule has 0 radical (unpaired) electrons. The van der Waals surface area contributed by atoms with Gasteiger partial charge in [-0.25, -0.2) is 0 Å². The van der Waals surface area contributed by atoms with Gasteiger partial charge in [0.05, 0.1) is 5.54 Å². The minimum absolute atomic E-state index is 0.497. The molecule has 4 nitrogen and oxygen atoms in total. The Kier molecular flexibility index (Phi) is 5.39. The maximum atomic E-state index is 11.4. The van der Waals surface area contributed by atoms with Gasteiger partial charge >= 0.3 is 0 Å². The Morgan fingerprint density at radius 2 is 1.69 bits per heavy atom. The second-order valence-corrected chi connectivity index (χ2v) is 6.22. The van der Waals surface area contributed by atoms with Crippen LogP contribution in [0, 0.1) is 0 Å². The zero-order chi connectivity index (χ0) is 10.7. The Morgan fingerprint density at radius 1 is 1.31 bits per heavy atom. The molecule has 0 atom stereocenters. The van der Waals surface area contributed by atoms with E-state index in [1.807, 2.05) is 6.92 Å². The Morgan fingerprint density at radius 3 is 1.92 bits per heavy atom. The summed E-state index contributed by atoms with van der Waals surface area (Å²) in [4.78, 5) is 0. The van der Waals surface area contributed by atoms with Crippen molar-refractivity contribution in [2.75, 3.05) is 24.8 Å². The SMILES string of the molecule is CN(C)S(=O)(=O)NC(C)(CBr)CBr. The van der Waals surface area contributed by atoms with Crippen LogP contribution in [0.3, 0.4) is 0 Å². The topological polar surface area (TPSA) is 49.4 Å². The van der Waals surface area contributed by atoms with E-state index < -0.39 is 15.7 Å². The molecule has 0 saturated carbocycles. The van der Waals surface area contributed by atoms with Gasteiger partial charge in [-0.05, 0) is 6.92 Å². The van der Waals surface area contributed by atoms with Crippen molar-refractivity contribution in [3.05, 3.63) is 0 Å². The Bertz CT molecular complexity index is 249. The molecule has 0 rings (SSSR count). The van der Waals surface area contributed by atoms with Crippen LogP contribution >= 0.6 is 31.9 Å². The average Bonchev–Trinajstić information content (AvgIpc) is 2.03. The molecule has 0 heterocycles. The summed E-state index contributed by atoms with van der Waals surface area (Å²) >= 11 is 6.52. The fourth-order valence-corrected chi connectivity index (χ4v) is 3.02. The highest BCUT2D eigenvalue weighted by Gasteiger charge is 2.28. The summed E-state index contributed by atoms with van der Waals surface area (Å²) in [6, 6.07) is 0. The zero-order valence-electron chi connectivity index (χ0n) is 7.84. The Labute approximate surface area is 96.5 Å². The van der Waals surface area contributed by atoms with E-state index in [-0.39, 0.29) is 0 Å². The lowest BCUT2D eigenvalue weighted by atomic mass is 10.1. The van der Waals surface area contributed by atoms with Gasteiger partial charge in [0, 0.05) is 24.8 Å². The molecule has 0 amide bonds. The van der Waals surface area contributed by atoms with Crippen LogP contribution in [0.4, 0.5) is 0 Å². The highest BCUT2D eigenvalue weighted by molar-refractivity contribution is 9.09. The number of hydrogen-bond donors (Lipinski definition) is 1. The van der Waals surface area contributed by atoms with Crippen molar-refractivity contribution in [1.82, 2.24) is 9.03 Å². The standard InChI is InChI=1S/C6H14Br2N2O2S/c1-6(4-7,5-8)9-13(11,12)10(2)3/h9H,4-5H2,1-3H3. The first-order valence-electron chi connectivity index (χ1n) is 3.61. The van der Waals surface area contributed by atoms with E-state index in [1.165, 1.54) is 14.1 Å². The summed E-state index contributed by atoms with van der Waals surface area (Å²) in [6.07, 6.45) is 0. The van der Waals surface area contributed by atoms with Gasteiger partial charge in [0.1, 0.15) is 0 Å². The number of nitrogens with one attached hydrogen (secondary N) is 1. The first-order chi connectivity index (χ1) is 5.77. The van der Waals surface area contributed by atoms with E-state index in [0.717, 1.165) is 4.31 Å². The Balaban J connectivity index is 4.60. The first-order valence-corrected chi connectivity index (χ1v) is 7.29. The number of hydrogen-bond acceptors (Lipinski definition) is 2. The molecule has 0 aliphatic heterocycles. The highest BCUT2D eigenvalue weighted by atomic mass is 79.9. The van der Waals surface area contributed by atoms with Crippen LogP contribution in [-0.2, 0) is 10.2 Å². The van der Waals surface area contributed by atoms with Crippen molar-refractivity contribution in [2.24, 2.45) is 0 Å².